The second-order valence-corrected chi connectivity index (χ2v) is 2.90. The lowest BCUT2D eigenvalue weighted by molar-refractivity contribution is 0.0538. The molecule has 0 atom stereocenters. The number of amides is 1. The molecule has 0 saturated carbocycles. The highest BCUT2D eigenvalue weighted by atomic mass is 16.6. The Bertz CT molecular complexity index is 499. The monoisotopic (exact) mass is 203 g/mol. The summed E-state index contributed by atoms with van der Waals surface area (Å²) in [6, 6.07) is 5.08. The van der Waals surface area contributed by atoms with Crippen molar-refractivity contribution in [2.75, 3.05) is 7.11 Å². The summed E-state index contributed by atoms with van der Waals surface area (Å²) in [5.41, 5.74) is 4.17. The van der Waals surface area contributed by atoms with Gasteiger partial charge in [0.15, 0.2) is 0 Å². The van der Waals surface area contributed by atoms with Crippen LogP contribution in [-0.4, -0.2) is 23.0 Å². The molecule has 76 valence electrons. The van der Waals surface area contributed by atoms with Crippen LogP contribution in [0.2, 0.25) is 0 Å². The molecule has 5 nitrogen and oxygen atoms in total. The first kappa shape index (κ1) is 9.54. The number of benzene rings is 1. The van der Waals surface area contributed by atoms with Crippen molar-refractivity contribution in [3.8, 4) is 0 Å². The van der Waals surface area contributed by atoms with Crippen molar-refractivity contribution in [3.63, 3.8) is 0 Å². The van der Waals surface area contributed by atoms with Crippen LogP contribution in [0, 0.1) is 0 Å². The highest BCUT2D eigenvalue weighted by Gasteiger charge is 2.05. The predicted molar refractivity (Wildman–Crippen MR) is 54.0 cm³/mol. The minimum absolute atomic E-state index is 0.301. The molecule has 0 aliphatic heterocycles. The Morgan fingerprint density at radius 2 is 2.00 bits per heavy atom. The van der Waals surface area contributed by atoms with Crippen LogP contribution >= 0.6 is 0 Å². The van der Waals surface area contributed by atoms with Gasteiger partial charge in [0, 0.05) is 18.0 Å². The molecule has 2 rings (SSSR count). The zero-order valence-corrected chi connectivity index (χ0v) is 8.10. The molecule has 5 heteroatoms. The van der Waals surface area contributed by atoms with Crippen molar-refractivity contribution < 1.29 is 9.63 Å². The zero-order chi connectivity index (χ0) is 10.7. The minimum atomic E-state index is -0.301. The molecule has 0 aliphatic rings. The second-order valence-electron chi connectivity index (χ2n) is 2.90. The van der Waals surface area contributed by atoms with E-state index in [0.717, 1.165) is 5.52 Å². The smallest absolute Gasteiger partial charge is 0.274 e. The molecule has 1 amide bonds. The molecule has 1 heterocycles. The number of hydroxylamine groups is 1. The van der Waals surface area contributed by atoms with Gasteiger partial charge >= 0.3 is 0 Å². The van der Waals surface area contributed by atoms with Crippen molar-refractivity contribution in [1.29, 1.82) is 0 Å². The van der Waals surface area contributed by atoms with Crippen molar-refractivity contribution in [2.24, 2.45) is 0 Å². The van der Waals surface area contributed by atoms with Gasteiger partial charge in [0.1, 0.15) is 0 Å². The van der Waals surface area contributed by atoms with E-state index >= 15 is 0 Å². The first-order valence-electron chi connectivity index (χ1n) is 4.35. The maximum Gasteiger partial charge on any atom is 0.274 e. The second kappa shape index (κ2) is 4.02. The van der Waals surface area contributed by atoms with Crippen LogP contribution in [0.25, 0.3) is 11.0 Å². The van der Waals surface area contributed by atoms with Gasteiger partial charge < -0.3 is 0 Å². The highest BCUT2D eigenvalue weighted by Crippen LogP contribution is 2.10. The average Bonchev–Trinajstić information content (AvgIpc) is 2.29. The van der Waals surface area contributed by atoms with E-state index in [1.54, 1.807) is 30.6 Å². The summed E-state index contributed by atoms with van der Waals surface area (Å²) < 4.78 is 0. The third-order valence-electron chi connectivity index (χ3n) is 1.93. The normalized spacial score (nSPS) is 10.2. The summed E-state index contributed by atoms with van der Waals surface area (Å²) >= 11 is 0. The van der Waals surface area contributed by atoms with Crippen molar-refractivity contribution in [3.05, 3.63) is 36.2 Å². The van der Waals surface area contributed by atoms with Crippen LogP contribution in [-0.2, 0) is 4.84 Å². The number of rotatable bonds is 2. The fourth-order valence-corrected chi connectivity index (χ4v) is 1.26. The summed E-state index contributed by atoms with van der Waals surface area (Å²) in [7, 11) is 1.39. The molecular formula is C10H9N3O2. The number of carbonyl (C=O) groups is 1. The first-order valence-corrected chi connectivity index (χ1v) is 4.35. The molecule has 0 radical (unpaired) electrons. The van der Waals surface area contributed by atoms with E-state index < -0.39 is 0 Å². The lowest BCUT2D eigenvalue weighted by atomic mass is 10.2. The van der Waals surface area contributed by atoms with E-state index in [2.05, 4.69) is 20.3 Å². The standard InChI is InChI=1S/C10H9N3O2/c1-15-13-10(14)7-2-3-8-9(6-7)12-5-4-11-8/h2-6H,1H3,(H,13,14). The van der Waals surface area contributed by atoms with Gasteiger partial charge in [-0.1, -0.05) is 0 Å². The maximum absolute atomic E-state index is 11.4. The topological polar surface area (TPSA) is 64.1 Å². The average molecular weight is 203 g/mol. The van der Waals surface area contributed by atoms with Crippen molar-refractivity contribution >= 4 is 16.9 Å². The van der Waals surface area contributed by atoms with Gasteiger partial charge in [-0.3, -0.25) is 19.6 Å². The predicted octanol–water partition coefficient (Wildman–Crippen LogP) is 0.921. The third-order valence-corrected chi connectivity index (χ3v) is 1.93. The first-order chi connectivity index (χ1) is 7.31. The van der Waals surface area contributed by atoms with Crippen molar-refractivity contribution in [2.45, 2.75) is 0 Å². The van der Waals surface area contributed by atoms with Crippen LogP contribution in [0.15, 0.2) is 30.6 Å². The number of hydrogen-bond acceptors (Lipinski definition) is 4. The zero-order valence-electron chi connectivity index (χ0n) is 8.10. The molecule has 1 aromatic carbocycles. The van der Waals surface area contributed by atoms with Gasteiger partial charge in [0.25, 0.3) is 5.91 Å². The van der Waals surface area contributed by atoms with Gasteiger partial charge in [-0.25, -0.2) is 5.48 Å². The van der Waals surface area contributed by atoms with Crippen molar-refractivity contribution in [1.82, 2.24) is 15.4 Å². The Hall–Kier alpha value is -2.01. The van der Waals surface area contributed by atoms with E-state index in [4.69, 9.17) is 0 Å². The molecule has 0 saturated heterocycles. The number of fused-ring (bicyclic) bond motifs is 1. The van der Waals surface area contributed by atoms with Gasteiger partial charge in [-0.2, -0.15) is 0 Å². The SMILES string of the molecule is CONC(=O)c1ccc2nccnc2c1. The highest BCUT2D eigenvalue weighted by molar-refractivity contribution is 5.96. The van der Waals surface area contributed by atoms with Crippen LogP contribution < -0.4 is 5.48 Å². The molecule has 15 heavy (non-hydrogen) atoms. The number of nitrogens with zero attached hydrogens (tertiary/aromatic N) is 2. The van der Waals surface area contributed by atoms with Gasteiger partial charge in [0.2, 0.25) is 0 Å². The largest absolute Gasteiger partial charge is 0.277 e. The van der Waals surface area contributed by atoms with Gasteiger partial charge in [-0.05, 0) is 18.2 Å². The molecule has 0 fully saturated rings. The number of aromatic nitrogens is 2. The Morgan fingerprint density at radius 3 is 2.73 bits per heavy atom. The maximum atomic E-state index is 11.4. The van der Waals surface area contributed by atoms with E-state index in [9.17, 15) is 4.79 Å². The van der Waals surface area contributed by atoms with E-state index in [1.807, 2.05) is 0 Å². The Morgan fingerprint density at radius 1 is 1.27 bits per heavy atom. The summed E-state index contributed by atoms with van der Waals surface area (Å²) in [5.74, 6) is -0.301. The van der Waals surface area contributed by atoms with Crippen LogP contribution in [0.1, 0.15) is 10.4 Å². The molecule has 1 aromatic heterocycles. The Kier molecular flexibility index (Phi) is 2.55. The van der Waals surface area contributed by atoms with Crippen LogP contribution in [0.4, 0.5) is 0 Å². The van der Waals surface area contributed by atoms with Crippen LogP contribution in [0.3, 0.4) is 0 Å². The number of hydrogen-bond donors (Lipinski definition) is 1. The lowest BCUT2D eigenvalue weighted by Gasteiger charge is -2.02. The van der Waals surface area contributed by atoms with E-state index in [1.165, 1.54) is 7.11 Å². The summed E-state index contributed by atoms with van der Waals surface area (Å²) in [6.45, 7) is 0. The summed E-state index contributed by atoms with van der Waals surface area (Å²) in [6.07, 6.45) is 3.19. The van der Waals surface area contributed by atoms with Gasteiger partial charge in [0.05, 0.1) is 18.1 Å². The molecule has 2 aromatic rings. The Balaban J connectivity index is 2.42. The fourth-order valence-electron chi connectivity index (χ4n) is 1.26. The molecule has 0 spiro atoms. The summed E-state index contributed by atoms with van der Waals surface area (Å²) in [4.78, 5) is 24.1. The van der Waals surface area contributed by atoms with E-state index in [0.29, 0.717) is 11.1 Å². The quantitative estimate of drug-likeness (QED) is 0.737. The van der Waals surface area contributed by atoms with Gasteiger partial charge in [-0.15, -0.1) is 0 Å². The van der Waals surface area contributed by atoms with Crippen LogP contribution in [0.5, 0.6) is 0 Å². The molecular weight excluding hydrogens is 194 g/mol. The number of nitrogens with one attached hydrogen (secondary N) is 1. The third kappa shape index (κ3) is 1.92. The minimum Gasteiger partial charge on any atom is -0.277 e. The molecule has 0 aliphatic carbocycles. The Labute approximate surface area is 86.1 Å². The number of carbonyl (C=O) groups excluding carboxylic acids is 1. The molecule has 0 bridgehead atoms. The molecule has 1 N–H and O–H groups in total. The fraction of sp³-hybridized carbons (Fsp3) is 0.100. The molecule has 0 unspecified atom stereocenters. The lowest BCUT2D eigenvalue weighted by Crippen LogP contribution is -2.21. The van der Waals surface area contributed by atoms with E-state index in [-0.39, 0.29) is 5.91 Å². The summed E-state index contributed by atoms with van der Waals surface area (Å²) in [5, 5.41) is 0.